The standard InChI is InChI=1S/C2H5BO4.C2H5NO/c4-2(5)1-3(6)7;1-2(3)4/h6-7H,1H2,(H,4,5);1H3,(H2,3,4). The van der Waals surface area contributed by atoms with Gasteiger partial charge in [0.15, 0.2) is 0 Å². The van der Waals surface area contributed by atoms with Crippen LogP contribution < -0.4 is 5.73 Å². The SMILES string of the molecule is CC(N)=O.O=C(O)CB(O)O. The number of carboxylic acid groups (broad SMARTS) is 1. The first-order chi connectivity index (χ1) is 4.86. The number of primary amides is 1. The van der Waals surface area contributed by atoms with Crippen LogP contribution in [0, 0.1) is 0 Å². The summed E-state index contributed by atoms with van der Waals surface area (Å²) in [5.41, 5.74) is 4.47. The van der Waals surface area contributed by atoms with E-state index in [1.54, 1.807) is 0 Å². The number of aliphatic carboxylic acids is 1. The molecule has 0 aromatic heterocycles. The molecule has 6 nitrogen and oxygen atoms in total. The predicted molar refractivity (Wildman–Crippen MR) is 37.5 cm³/mol. The molecule has 0 aliphatic carbocycles. The zero-order chi connectivity index (χ0) is 9.44. The molecule has 0 aromatic carbocycles. The van der Waals surface area contributed by atoms with Gasteiger partial charge in [0.1, 0.15) is 0 Å². The predicted octanol–water partition coefficient (Wildman–Crippen LogP) is -1.96. The van der Waals surface area contributed by atoms with Gasteiger partial charge in [-0.3, -0.25) is 9.59 Å². The van der Waals surface area contributed by atoms with Gasteiger partial charge in [-0.05, 0) is 0 Å². The number of rotatable bonds is 2. The fourth-order valence-corrected chi connectivity index (χ4v) is 0.156. The van der Waals surface area contributed by atoms with Crippen molar-refractivity contribution in [3.8, 4) is 0 Å². The lowest BCUT2D eigenvalue weighted by atomic mass is 9.87. The molecule has 0 saturated carbocycles. The summed E-state index contributed by atoms with van der Waals surface area (Å²) in [5, 5.41) is 23.6. The first-order valence-electron chi connectivity index (χ1n) is 2.70. The Labute approximate surface area is 63.8 Å². The lowest BCUT2D eigenvalue weighted by molar-refractivity contribution is -0.134. The van der Waals surface area contributed by atoms with Crippen LogP contribution in [0.1, 0.15) is 6.92 Å². The summed E-state index contributed by atoms with van der Waals surface area (Å²) >= 11 is 0. The molecule has 0 radical (unpaired) electrons. The highest BCUT2D eigenvalue weighted by molar-refractivity contribution is 6.45. The van der Waals surface area contributed by atoms with Crippen molar-refractivity contribution in [2.75, 3.05) is 0 Å². The lowest BCUT2D eigenvalue weighted by Gasteiger charge is -1.86. The van der Waals surface area contributed by atoms with Gasteiger partial charge in [0, 0.05) is 6.92 Å². The molecule has 0 aliphatic rings. The molecular formula is C4H10BNO5. The van der Waals surface area contributed by atoms with Crippen molar-refractivity contribution in [3.05, 3.63) is 0 Å². The molecule has 0 rings (SSSR count). The summed E-state index contributed by atoms with van der Waals surface area (Å²) in [4.78, 5) is 18.7. The first kappa shape index (κ1) is 12.6. The van der Waals surface area contributed by atoms with Gasteiger partial charge in [-0.25, -0.2) is 0 Å². The van der Waals surface area contributed by atoms with Crippen LogP contribution in [-0.2, 0) is 9.59 Å². The van der Waals surface area contributed by atoms with Crippen LogP contribution >= 0.6 is 0 Å². The summed E-state index contributed by atoms with van der Waals surface area (Å²) in [7, 11) is -1.72. The monoisotopic (exact) mass is 163 g/mol. The summed E-state index contributed by atoms with van der Waals surface area (Å²) in [5.74, 6) is -1.55. The van der Waals surface area contributed by atoms with Crippen LogP contribution in [0.25, 0.3) is 0 Å². The Morgan fingerprint density at radius 2 is 1.73 bits per heavy atom. The van der Waals surface area contributed by atoms with E-state index in [2.05, 4.69) is 5.73 Å². The van der Waals surface area contributed by atoms with Crippen LogP contribution in [0.15, 0.2) is 0 Å². The molecule has 0 aromatic rings. The van der Waals surface area contributed by atoms with Crippen molar-refractivity contribution >= 4 is 19.0 Å². The molecule has 0 unspecified atom stereocenters. The van der Waals surface area contributed by atoms with Gasteiger partial charge in [0.2, 0.25) is 5.91 Å². The Morgan fingerprint density at radius 3 is 1.73 bits per heavy atom. The maximum absolute atomic E-state index is 9.49. The Kier molecular flexibility index (Phi) is 8.05. The van der Waals surface area contributed by atoms with Crippen LogP contribution in [-0.4, -0.2) is 34.1 Å². The van der Waals surface area contributed by atoms with Gasteiger partial charge < -0.3 is 20.9 Å². The van der Waals surface area contributed by atoms with E-state index in [0.29, 0.717) is 0 Å². The number of nitrogens with two attached hydrogens (primary N) is 1. The second-order valence-electron chi connectivity index (χ2n) is 1.69. The van der Waals surface area contributed by atoms with E-state index in [0.717, 1.165) is 0 Å². The highest BCUT2D eigenvalue weighted by Gasteiger charge is 2.10. The second kappa shape index (κ2) is 7.04. The largest absolute Gasteiger partial charge is 0.482 e. The average Bonchev–Trinajstić information content (AvgIpc) is 1.56. The molecule has 11 heavy (non-hydrogen) atoms. The zero-order valence-corrected chi connectivity index (χ0v) is 6.02. The minimum absolute atomic E-state index is 0.333. The molecule has 0 heterocycles. The van der Waals surface area contributed by atoms with Gasteiger partial charge in [-0.1, -0.05) is 0 Å². The van der Waals surface area contributed by atoms with Crippen molar-refractivity contribution < 1.29 is 24.7 Å². The highest BCUT2D eigenvalue weighted by Crippen LogP contribution is 1.79. The van der Waals surface area contributed by atoms with Crippen LogP contribution in [0.4, 0.5) is 0 Å². The van der Waals surface area contributed by atoms with E-state index in [9.17, 15) is 9.59 Å². The number of amides is 1. The second-order valence-corrected chi connectivity index (χ2v) is 1.69. The summed E-state index contributed by atoms with van der Waals surface area (Å²) in [6.07, 6.45) is -0.611. The minimum atomic E-state index is -1.72. The Hall–Kier alpha value is -1.08. The quantitative estimate of drug-likeness (QED) is 0.352. The van der Waals surface area contributed by atoms with Crippen molar-refractivity contribution in [1.29, 1.82) is 0 Å². The molecule has 0 spiro atoms. The average molecular weight is 163 g/mol. The number of hydrogen-bond acceptors (Lipinski definition) is 4. The maximum atomic E-state index is 9.49. The summed E-state index contributed by atoms with van der Waals surface area (Å²) < 4.78 is 0. The van der Waals surface area contributed by atoms with Crippen molar-refractivity contribution in [2.24, 2.45) is 5.73 Å². The molecule has 64 valence electrons. The fraction of sp³-hybridized carbons (Fsp3) is 0.500. The van der Waals surface area contributed by atoms with E-state index < -0.39 is 19.4 Å². The number of carbonyl (C=O) groups is 2. The summed E-state index contributed by atoms with van der Waals surface area (Å²) in [6.45, 7) is 1.31. The third kappa shape index (κ3) is 50.0. The normalized spacial score (nSPS) is 7.55. The third-order valence-corrected chi connectivity index (χ3v) is 0.357. The highest BCUT2D eigenvalue weighted by atomic mass is 16.4. The maximum Gasteiger partial charge on any atom is 0.462 e. The molecule has 5 N–H and O–H groups in total. The number of carbonyl (C=O) groups excluding carboxylic acids is 1. The summed E-state index contributed by atoms with van der Waals surface area (Å²) in [6, 6.07) is 0. The zero-order valence-electron chi connectivity index (χ0n) is 6.02. The van der Waals surface area contributed by atoms with Crippen LogP contribution in [0.5, 0.6) is 0 Å². The molecule has 0 saturated heterocycles. The van der Waals surface area contributed by atoms with E-state index in [4.69, 9.17) is 15.2 Å². The number of hydrogen-bond donors (Lipinski definition) is 4. The smallest absolute Gasteiger partial charge is 0.462 e. The molecule has 0 fully saturated rings. The Balaban J connectivity index is 0. The van der Waals surface area contributed by atoms with Crippen molar-refractivity contribution in [1.82, 2.24) is 0 Å². The Bertz CT molecular complexity index is 132. The molecular weight excluding hydrogens is 153 g/mol. The van der Waals surface area contributed by atoms with Gasteiger partial charge in [-0.15, -0.1) is 0 Å². The van der Waals surface area contributed by atoms with Crippen LogP contribution in [0.3, 0.4) is 0 Å². The van der Waals surface area contributed by atoms with E-state index in [1.807, 2.05) is 0 Å². The van der Waals surface area contributed by atoms with Gasteiger partial charge >= 0.3 is 13.1 Å². The first-order valence-corrected chi connectivity index (χ1v) is 2.70. The lowest BCUT2D eigenvalue weighted by Crippen LogP contribution is -2.15. The van der Waals surface area contributed by atoms with E-state index in [-0.39, 0.29) is 5.91 Å². The Morgan fingerprint density at radius 1 is 1.45 bits per heavy atom. The van der Waals surface area contributed by atoms with Crippen molar-refractivity contribution in [3.63, 3.8) is 0 Å². The van der Waals surface area contributed by atoms with Crippen molar-refractivity contribution in [2.45, 2.75) is 13.2 Å². The molecule has 0 aliphatic heterocycles. The topological polar surface area (TPSA) is 121 Å². The van der Waals surface area contributed by atoms with Gasteiger partial charge in [-0.2, -0.15) is 0 Å². The van der Waals surface area contributed by atoms with Crippen LogP contribution in [0.2, 0.25) is 6.32 Å². The molecule has 0 bridgehead atoms. The molecule has 7 heteroatoms. The van der Waals surface area contributed by atoms with Gasteiger partial charge in [0.25, 0.3) is 0 Å². The van der Waals surface area contributed by atoms with Gasteiger partial charge in [0.05, 0.1) is 6.32 Å². The van der Waals surface area contributed by atoms with E-state index >= 15 is 0 Å². The third-order valence-electron chi connectivity index (χ3n) is 0.357. The molecule has 0 atom stereocenters. The minimum Gasteiger partial charge on any atom is -0.482 e. The number of carboxylic acids is 1. The molecule has 1 amide bonds. The fourth-order valence-electron chi connectivity index (χ4n) is 0.156. The van der Waals surface area contributed by atoms with E-state index in [1.165, 1.54) is 6.92 Å².